The molecule has 0 fully saturated rings. The van der Waals surface area contributed by atoms with Crippen LogP contribution in [0.5, 0.6) is 0 Å². The van der Waals surface area contributed by atoms with Crippen LogP contribution in [0.3, 0.4) is 0 Å². The quantitative estimate of drug-likeness (QED) is 0.661. The number of carbonyl (C=O) groups excluding carboxylic acids is 2. The van der Waals surface area contributed by atoms with Gasteiger partial charge in [0.15, 0.2) is 0 Å². The maximum absolute atomic E-state index is 11.7. The summed E-state index contributed by atoms with van der Waals surface area (Å²) in [5.74, 6) is 0.0485. The maximum atomic E-state index is 11.7. The van der Waals surface area contributed by atoms with Crippen molar-refractivity contribution in [3.63, 3.8) is 0 Å². The highest BCUT2D eigenvalue weighted by atomic mass is 32.1. The van der Waals surface area contributed by atoms with Gasteiger partial charge in [0, 0.05) is 26.1 Å². The van der Waals surface area contributed by atoms with Gasteiger partial charge in [0.05, 0.1) is 0 Å². The number of rotatable bonds is 8. The zero-order valence-corrected chi connectivity index (χ0v) is 12.8. The smallest absolute Gasteiger partial charge is 0.282 e. The highest BCUT2D eigenvalue weighted by Gasteiger charge is 2.12. The summed E-state index contributed by atoms with van der Waals surface area (Å²) in [6.07, 6.45) is 0.261. The molecule has 0 aliphatic rings. The molecule has 0 unspecified atom stereocenters. The zero-order chi connectivity index (χ0) is 15.0. The molecule has 20 heavy (non-hydrogen) atoms. The first-order valence-electron chi connectivity index (χ1n) is 6.65. The molecular weight excluding hydrogens is 278 g/mol. The van der Waals surface area contributed by atoms with Crippen LogP contribution in [0.2, 0.25) is 0 Å². The molecule has 0 aromatic carbocycles. The van der Waals surface area contributed by atoms with Crippen LogP contribution in [0.15, 0.2) is 0 Å². The first-order chi connectivity index (χ1) is 9.52. The van der Waals surface area contributed by atoms with Crippen molar-refractivity contribution < 1.29 is 9.59 Å². The predicted octanol–water partition coefficient (Wildman–Crippen LogP) is 0.862. The molecule has 0 aliphatic carbocycles. The molecule has 0 saturated carbocycles. The number of nitrogens with one attached hydrogen (secondary N) is 3. The molecule has 0 aliphatic heterocycles. The van der Waals surface area contributed by atoms with Crippen LogP contribution in [0.4, 0.5) is 5.13 Å². The Balaban J connectivity index is 2.27. The van der Waals surface area contributed by atoms with Crippen molar-refractivity contribution in [1.82, 2.24) is 20.8 Å². The van der Waals surface area contributed by atoms with E-state index in [-0.39, 0.29) is 18.2 Å². The molecule has 7 nitrogen and oxygen atoms in total. The van der Waals surface area contributed by atoms with Crippen LogP contribution >= 0.6 is 11.3 Å². The lowest BCUT2D eigenvalue weighted by molar-refractivity contribution is -0.121. The van der Waals surface area contributed by atoms with Crippen molar-refractivity contribution >= 4 is 28.3 Å². The minimum atomic E-state index is -0.302. The lowest BCUT2D eigenvalue weighted by atomic mass is 10.2. The van der Waals surface area contributed by atoms with Crippen molar-refractivity contribution in [2.75, 3.05) is 25.0 Å². The normalized spacial score (nSPS) is 10.4. The molecule has 1 heterocycles. The van der Waals surface area contributed by atoms with Gasteiger partial charge in [-0.3, -0.25) is 9.59 Å². The Labute approximate surface area is 122 Å². The molecule has 0 saturated heterocycles. The minimum absolute atomic E-state index is 0.0652. The molecule has 112 valence electrons. The van der Waals surface area contributed by atoms with Crippen molar-refractivity contribution in [2.24, 2.45) is 5.92 Å². The Hall–Kier alpha value is -1.70. The molecule has 2 amide bonds. The fourth-order valence-electron chi connectivity index (χ4n) is 1.31. The van der Waals surface area contributed by atoms with Crippen molar-refractivity contribution in [3.05, 3.63) is 5.01 Å². The van der Waals surface area contributed by atoms with Gasteiger partial charge in [0.25, 0.3) is 5.91 Å². The van der Waals surface area contributed by atoms with Gasteiger partial charge in [-0.25, -0.2) is 0 Å². The standard InChI is InChI=1S/C12H21N5O2S/c1-4-13-12-17-16-11(20-12)10(19)14-6-5-9(18)15-7-8(2)3/h8H,4-7H2,1-3H3,(H,13,17)(H,14,19)(H,15,18). The number of hydrogen-bond acceptors (Lipinski definition) is 6. The predicted molar refractivity (Wildman–Crippen MR) is 78.9 cm³/mol. The fourth-order valence-corrected chi connectivity index (χ4v) is 2.04. The molecule has 0 radical (unpaired) electrons. The second kappa shape index (κ2) is 8.47. The summed E-state index contributed by atoms with van der Waals surface area (Å²) in [4.78, 5) is 23.2. The number of carbonyl (C=O) groups is 2. The van der Waals surface area contributed by atoms with E-state index in [2.05, 4.69) is 26.1 Å². The number of aromatic nitrogens is 2. The second-order valence-corrected chi connectivity index (χ2v) is 5.62. The molecule has 3 N–H and O–H groups in total. The topological polar surface area (TPSA) is 96.0 Å². The first kappa shape index (κ1) is 16.4. The number of nitrogens with zero attached hydrogens (tertiary/aromatic N) is 2. The van der Waals surface area contributed by atoms with E-state index in [4.69, 9.17) is 0 Å². The number of hydrogen-bond donors (Lipinski definition) is 3. The molecule has 1 rings (SSSR count). The van der Waals surface area contributed by atoms with Crippen LogP contribution in [0.1, 0.15) is 37.0 Å². The van der Waals surface area contributed by atoms with E-state index in [0.717, 1.165) is 6.54 Å². The Morgan fingerprint density at radius 1 is 1.25 bits per heavy atom. The Morgan fingerprint density at radius 3 is 2.65 bits per heavy atom. The second-order valence-electron chi connectivity index (χ2n) is 4.65. The van der Waals surface area contributed by atoms with E-state index >= 15 is 0 Å². The summed E-state index contributed by atoms with van der Waals surface area (Å²) in [6, 6.07) is 0. The van der Waals surface area contributed by atoms with E-state index in [1.807, 2.05) is 20.8 Å². The average molecular weight is 299 g/mol. The minimum Gasteiger partial charge on any atom is -0.360 e. The maximum Gasteiger partial charge on any atom is 0.282 e. The van der Waals surface area contributed by atoms with Crippen LogP contribution < -0.4 is 16.0 Å². The van der Waals surface area contributed by atoms with Gasteiger partial charge in [0.1, 0.15) is 0 Å². The number of anilines is 1. The Morgan fingerprint density at radius 2 is 2.00 bits per heavy atom. The number of amides is 2. The van der Waals surface area contributed by atoms with Gasteiger partial charge in [-0.05, 0) is 12.8 Å². The summed E-state index contributed by atoms with van der Waals surface area (Å²) in [5.41, 5.74) is 0. The Bertz CT molecular complexity index is 447. The molecular formula is C12H21N5O2S. The third kappa shape index (κ3) is 5.96. The van der Waals surface area contributed by atoms with Crippen LogP contribution in [0.25, 0.3) is 0 Å². The highest BCUT2D eigenvalue weighted by molar-refractivity contribution is 7.17. The van der Waals surface area contributed by atoms with Crippen molar-refractivity contribution in [1.29, 1.82) is 0 Å². The molecule has 8 heteroatoms. The first-order valence-corrected chi connectivity index (χ1v) is 7.46. The van der Waals surface area contributed by atoms with Crippen molar-refractivity contribution in [3.8, 4) is 0 Å². The van der Waals surface area contributed by atoms with E-state index < -0.39 is 0 Å². The van der Waals surface area contributed by atoms with E-state index in [9.17, 15) is 9.59 Å². The van der Waals surface area contributed by atoms with Gasteiger partial charge < -0.3 is 16.0 Å². The van der Waals surface area contributed by atoms with Crippen LogP contribution in [-0.4, -0.2) is 41.6 Å². The molecule has 0 bridgehead atoms. The summed E-state index contributed by atoms with van der Waals surface area (Å²) < 4.78 is 0. The van der Waals surface area contributed by atoms with Gasteiger partial charge in [0.2, 0.25) is 16.0 Å². The largest absolute Gasteiger partial charge is 0.360 e. The molecule has 1 aromatic rings. The fraction of sp³-hybridized carbons (Fsp3) is 0.667. The lowest BCUT2D eigenvalue weighted by Gasteiger charge is -2.07. The molecule has 1 aromatic heterocycles. The van der Waals surface area contributed by atoms with E-state index in [1.54, 1.807) is 0 Å². The Kier molecular flexibility index (Phi) is 6.92. The summed E-state index contributed by atoms with van der Waals surface area (Å²) >= 11 is 1.19. The summed E-state index contributed by atoms with van der Waals surface area (Å²) in [5, 5.41) is 17.0. The highest BCUT2D eigenvalue weighted by Crippen LogP contribution is 2.14. The van der Waals surface area contributed by atoms with Crippen molar-refractivity contribution in [2.45, 2.75) is 27.2 Å². The zero-order valence-electron chi connectivity index (χ0n) is 12.0. The summed E-state index contributed by atoms with van der Waals surface area (Å²) in [7, 11) is 0. The van der Waals surface area contributed by atoms with Crippen LogP contribution in [0, 0.1) is 5.92 Å². The van der Waals surface area contributed by atoms with Gasteiger partial charge in [-0.1, -0.05) is 25.2 Å². The van der Waals surface area contributed by atoms with E-state index in [1.165, 1.54) is 11.3 Å². The lowest BCUT2D eigenvalue weighted by Crippen LogP contribution is -2.32. The average Bonchev–Trinajstić information content (AvgIpc) is 2.85. The molecule has 0 atom stereocenters. The van der Waals surface area contributed by atoms with E-state index in [0.29, 0.717) is 29.1 Å². The third-order valence-corrected chi connectivity index (χ3v) is 3.17. The van der Waals surface area contributed by atoms with Gasteiger partial charge in [-0.2, -0.15) is 0 Å². The van der Waals surface area contributed by atoms with Crippen LogP contribution in [-0.2, 0) is 4.79 Å². The van der Waals surface area contributed by atoms with Gasteiger partial charge >= 0.3 is 0 Å². The molecule has 0 spiro atoms. The summed E-state index contributed by atoms with van der Waals surface area (Å²) in [6.45, 7) is 7.66. The monoisotopic (exact) mass is 299 g/mol. The SMILES string of the molecule is CCNc1nnc(C(=O)NCCC(=O)NCC(C)C)s1. The van der Waals surface area contributed by atoms with Gasteiger partial charge in [-0.15, -0.1) is 10.2 Å². The third-order valence-electron chi connectivity index (χ3n) is 2.29.